The first kappa shape index (κ1) is 21.8. The molecule has 33 heavy (non-hydrogen) atoms. The number of H-pyrrole nitrogens is 1. The van der Waals surface area contributed by atoms with Crippen molar-refractivity contribution >= 4 is 40.2 Å². The quantitative estimate of drug-likeness (QED) is 0.496. The molecule has 6 nitrogen and oxygen atoms in total. The van der Waals surface area contributed by atoms with E-state index < -0.39 is 29.5 Å². The molecule has 0 spiro atoms. The molecule has 1 saturated carbocycles. The third-order valence-electron chi connectivity index (χ3n) is 6.22. The largest absolute Gasteiger partial charge is 0.444 e. The Kier molecular flexibility index (Phi) is 5.12. The van der Waals surface area contributed by atoms with E-state index in [4.69, 9.17) is 16.3 Å². The Labute approximate surface area is 196 Å². The van der Waals surface area contributed by atoms with Gasteiger partial charge in [0.05, 0.1) is 16.2 Å². The summed E-state index contributed by atoms with van der Waals surface area (Å²) in [6.07, 6.45) is 2.68. The van der Waals surface area contributed by atoms with Crippen molar-refractivity contribution in [2.24, 2.45) is 5.92 Å². The number of nitrogens with zero attached hydrogens (tertiary/aromatic N) is 1. The number of anilines is 1. The summed E-state index contributed by atoms with van der Waals surface area (Å²) >= 11 is 6.54. The average molecular weight is 470 g/mol. The smallest absolute Gasteiger partial charge is 0.411 e. The lowest BCUT2D eigenvalue weighted by Crippen LogP contribution is -2.47. The summed E-state index contributed by atoms with van der Waals surface area (Å²) < 4.78 is 21.0. The van der Waals surface area contributed by atoms with Crippen LogP contribution in [0.4, 0.5) is 14.9 Å². The molecule has 1 saturated heterocycles. The Morgan fingerprint density at radius 1 is 1.15 bits per heavy atom. The van der Waals surface area contributed by atoms with Crippen LogP contribution in [-0.4, -0.2) is 39.6 Å². The van der Waals surface area contributed by atoms with Crippen molar-refractivity contribution in [3.05, 3.63) is 53.4 Å². The summed E-state index contributed by atoms with van der Waals surface area (Å²) in [6.45, 7) is 5.37. The number of likely N-dealkylation sites (tertiary alicyclic amines) is 1. The molecule has 0 bridgehead atoms. The standard InChI is InChI=1S/C25H25ClFN3O3/c1-25(2,3)33-24(32)30-18-11-14(18)12-19(30)23(31)29-17-6-4-5-16(21(17)27)15-8-7-13-9-10-28-22(13)20(15)26/h4-10,14,18-19,28H,11-12H2,1-3H3,(H,29,31)/t14-,18-,19+/m1/s1. The van der Waals surface area contributed by atoms with Gasteiger partial charge in [-0.2, -0.15) is 0 Å². The van der Waals surface area contributed by atoms with E-state index in [1.165, 1.54) is 11.0 Å². The Bertz CT molecular complexity index is 1270. The summed E-state index contributed by atoms with van der Waals surface area (Å²) in [5.41, 5.74) is 0.918. The molecule has 3 aromatic rings. The van der Waals surface area contributed by atoms with E-state index in [0.29, 0.717) is 17.0 Å². The van der Waals surface area contributed by atoms with Gasteiger partial charge in [0.25, 0.3) is 0 Å². The number of hydrogen-bond donors (Lipinski definition) is 2. The molecule has 1 aliphatic heterocycles. The highest BCUT2D eigenvalue weighted by Gasteiger charge is 2.57. The minimum Gasteiger partial charge on any atom is -0.444 e. The number of piperidine rings is 1. The molecule has 1 aromatic heterocycles. The van der Waals surface area contributed by atoms with Crippen LogP contribution in [0.25, 0.3) is 22.0 Å². The second kappa shape index (κ2) is 7.76. The normalized spacial score (nSPS) is 21.7. The molecule has 2 heterocycles. The molecular formula is C25H25ClFN3O3. The van der Waals surface area contributed by atoms with Gasteiger partial charge in [-0.05, 0) is 51.7 Å². The fourth-order valence-corrected chi connectivity index (χ4v) is 4.95. The molecule has 2 fully saturated rings. The number of hydrogen-bond acceptors (Lipinski definition) is 3. The number of ether oxygens (including phenoxy) is 1. The SMILES string of the molecule is CC(C)(C)OC(=O)N1[C@@H]2C[C@@H]2C[C@H]1C(=O)Nc1cccc(-c2ccc3cc[nH]c3c2Cl)c1F. The maximum Gasteiger partial charge on any atom is 0.411 e. The lowest BCUT2D eigenvalue weighted by atomic mass is 10.0. The minimum absolute atomic E-state index is 0.0121. The van der Waals surface area contributed by atoms with Gasteiger partial charge in [0.2, 0.25) is 5.91 Å². The molecule has 0 radical (unpaired) electrons. The van der Waals surface area contributed by atoms with Gasteiger partial charge >= 0.3 is 6.09 Å². The zero-order valence-corrected chi connectivity index (χ0v) is 19.4. The molecule has 8 heteroatoms. The topological polar surface area (TPSA) is 74.4 Å². The highest BCUT2D eigenvalue weighted by Crippen LogP contribution is 2.48. The van der Waals surface area contributed by atoms with Gasteiger partial charge in [-0.25, -0.2) is 9.18 Å². The number of benzene rings is 2. The molecule has 2 aliphatic rings. The third kappa shape index (κ3) is 3.95. The van der Waals surface area contributed by atoms with Crippen LogP contribution in [0, 0.1) is 11.7 Å². The summed E-state index contributed by atoms with van der Waals surface area (Å²) in [7, 11) is 0. The van der Waals surface area contributed by atoms with E-state index in [0.717, 1.165) is 17.3 Å². The number of aromatic nitrogens is 1. The molecule has 2 aromatic carbocycles. The summed E-state index contributed by atoms with van der Waals surface area (Å²) in [4.78, 5) is 30.4. The van der Waals surface area contributed by atoms with Crippen LogP contribution in [0.5, 0.6) is 0 Å². The Morgan fingerprint density at radius 2 is 1.94 bits per heavy atom. The first-order valence-corrected chi connectivity index (χ1v) is 11.4. The Hall–Kier alpha value is -3.06. The number of carbonyl (C=O) groups is 2. The fourth-order valence-electron chi connectivity index (χ4n) is 4.62. The summed E-state index contributed by atoms with van der Waals surface area (Å²) in [5, 5.41) is 4.02. The van der Waals surface area contributed by atoms with E-state index in [1.54, 1.807) is 45.2 Å². The number of nitrogens with one attached hydrogen (secondary N) is 2. The molecule has 3 atom stereocenters. The van der Waals surface area contributed by atoms with Crippen molar-refractivity contribution in [3.63, 3.8) is 0 Å². The molecule has 0 unspecified atom stereocenters. The van der Waals surface area contributed by atoms with Crippen LogP contribution in [0.15, 0.2) is 42.6 Å². The number of carbonyl (C=O) groups excluding carboxylic acids is 2. The van der Waals surface area contributed by atoms with Crippen LogP contribution in [0.2, 0.25) is 5.02 Å². The molecular weight excluding hydrogens is 445 g/mol. The van der Waals surface area contributed by atoms with Crippen molar-refractivity contribution < 1.29 is 18.7 Å². The van der Waals surface area contributed by atoms with Gasteiger partial charge in [0, 0.05) is 28.8 Å². The van der Waals surface area contributed by atoms with Crippen molar-refractivity contribution in [3.8, 4) is 11.1 Å². The highest BCUT2D eigenvalue weighted by molar-refractivity contribution is 6.38. The van der Waals surface area contributed by atoms with Gasteiger partial charge in [-0.15, -0.1) is 0 Å². The fraction of sp³-hybridized carbons (Fsp3) is 0.360. The molecule has 2 amide bonds. The second-order valence-corrected chi connectivity index (χ2v) is 10.1. The number of halogens is 2. The summed E-state index contributed by atoms with van der Waals surface area (Å²) in [6, 6.07) is 9.63. The lowest BCUT2D eigenvalue weighted by Gasteiger charge is -2.30. The van der Waals surface area contributed by atoms with Gasteiger partial charge in [0.15, 0.2) is 5.82 Å². The third-order valence-corrected chi connectivity index (χ3v) is 6.62. The monoisotopic (exact) mass is 469 g/mol. The van der Waals surface area contributed by atoms with Gasteiger partial charge in [-0.3, -0.25) is 9.69 Å². The van der Waals surface area contributed by atoms with Gasteiger partial charge in [0.1, 0.15) is 11.6 Å². The maximum absolute atomic E-state index is 15.5. The van der Waals surface area contributed by atoms with Crippen LogP contribution < -0.4 is 5.32 Å². The maximum atomic E-state index is 15.5. The van der Waals surface area contributed by atoms with Crippen molar-refractivity contribution in [2.75, 3.05) is 5.32 Å². The zero-order chi connectivity index (χ0) is 23.5. The summed E-state index contributed by atoms with van der Waals surface area (Å²) in [5.74, 6) is -0.712. The average Bonchev–Trinajstić information content (AvgIpc) is 3.16. The van der Waals surface area contributed by atoms with Crippen molar-refractivity contribution in [1.29, 1.82) is 0 Å². The predicted octanol–water partition coefficient (Wildman–Crippen LogP) is 5.96. The van der Waals surface area contributed by atoms with E-state index in [9.17, 15) is 9.59 Å². The van der Waals surface area contributed by atoms with Crippen molar-refractivity contribution in [1.82, 2.24) is 9.88 Å². The first-order chi connectivity index (χ1) is 15.6. The number of aromatic amines is 1. The number of rotatable bonds is 3. The van der Waals surface area contributed by atoms with Crippen LogP contribution in [0.1, 0.15) is 33.6 Å². The Balaban J connectivity index is 1.40. The Morgan fingerprint density at radius 3 is 2.70 bits per heavy atom. The highest BCUT2D eigenvalue weighted by atomic mass is 35.5. The minimum atomic E-state index is -0.689. The van der Waals surface area contributed by atoms with Gasteiger partial charge in [-0.1, -0.05) is 35.9 Å². The van der Waals surface area contributed by atoms with Gasteiger partial charge < -0.3 is 15.0 Å². The lowest BCUT2D eigenvalue weighted by molar-refractivity contribution is -0.121. The van der Waals surface area contributed by atoms with Crippen molar-refractivity contribution in [2.45, 2.75) is 51.3 Å². The zero-order valence-electron chi connectivity index (χ0n) is 18.6. The molecule has 2 N–H and O–H groups in total. The molecule has 1 aliphatic carbocycles. The number of amides is 2. The van der Waals surface area contributed by atoms with E-state index in [-0.39, 0.29) is 23.2 Å². The first-order valence-electron chi connectivity index (χ1n) is 11.0. The molecule has 172 valence electrons. The second-order valence-electron chi connectivity index (χ2n) is 9.73. The van der Waals surface area contributed by atoms with Crippen LogP contribution in [-0.2, 0) is 9.53 Å². The van der Waals surface area contributed by atoms with Crippen LogP contribution in [0.3, 0.4) is 0 Å². The van der Waals surface area contributed by atoms with E-state index in [1.807, 2.05) is 12.1 Å². The number of fused-ring (bicyclic) bond motifs is 2. The van der Waals surface area contributed by atoms with E-state index in [2.05, 4.69) is 10.3 Å². The van der Waals surface area contributed by atoms with E-state index >= 15 is 4.39 Å². The van der Waals surface area contributed by atoms with Crippen LogP contribution >= 0.6 is 11.6 Å². The molecule has 5 rings (SSSR count). The predicted molar refractivity (Wildman–Crippen MR) is 126 cm³/mol.